The molecule has 0 aliphatic rings. The van der Waals surface area contributed by atoms with Crippen LogP contribution in [0.5, 0.6) is 5.75 Å². The van der Waals surface area contributed by atoms with E-state index in [9.17, 15) is 0 Å². The van der Waals surface area contributed by atoms with Crippen LogP contribution in [0.15, 0.2) is 45.7 Å². The van der Waals surface area contributed by atoms with E-state index in [2.05, 4.69) is 21.4 Å². The first-order valence-corrected chi connectivity index (χ1v) is 5.87. The molecule has 0 saturated heterocycles. The molecule has 2 rings (SSSR count). The van der Waals surface area contributed by atoms with Crippen LogP contribution in [0.1, 0.15) is 17.2 Å². The van der Waals surface area contributed by atoms with Gasteiger partial charge in [-0.3, -0.25) is 5.84 Å². The van der Waals surface area contributed by atoms with Crippen molar-refractivity contribution in [2.45, 2.75) is 6.04 Å². The highest BCUT2D eigenvalue weighted by atomic mass is 79.9. The Morgan fingerprint density at radius 1 is 1.41 bits per heavy atom. The van der Waals surface area contributed by atoms with Crippen LogP contribution in [0.3, 0.4) is 0 Å². The van der Waals surface area contributed by atoms with Crippen LogP contribution in [0, 0.1) is 0 Å². The Balaban J connectivity index is 2.44. The number of ether oxygens (including phenoxy) is 1. The van der Waals surface area contributed by atoms with Gasteiger partial charge >= 0.3 is 0 Å². The van der Waals surface area contributed by atoms with Gasteiger partial charge in [0.25, 0.3) is 0 Å². The number of benzene rings is 1. The van der Waals surface area contributed by atoms with Crippen LogP contribution < -0.4 is 16.0 Å². The van der Waals surface area contributed by atoms with Crippen molar-refractivity contribution in [1.82, 2.24) is 5.43 Å². The molecule has 1 heterocycles. The Morgan fingerprint density at radius 3 is 2.82 bits per heavy atom. The summed E-state index contributed by atoms with van der Waals surface area (Å²) in [5.74, 6) is 6.37. The summed E-state index contributed by atoms with van der Waals surface area (Å²) in [6.07, 6.45) is 3.27. The topological polar surface area (TPSA) is 60.4 Å². The summed E-state index contributed by atoms with van der Waals surface area (Å²) in [4.78, 5) is 0. The molecule has 17 heavy (non-hydrogen) atoms. The van der Waals surface area contributed by atoms with E-state index in [1.54, 1.807) is 19.6 Å². The molecule has 2 aromatic rings. The lowest BCUT2D eigenvalue weighted by atomic mass is 10.0. The number of nitrogens with one attached hydrogen (secondary N) is 1. The first kappa shape index (κ1) is 12.2. The summed E-state index contributed by atoms with van der Waals surface area (Å²) in [6, 6.07) is 7.52. The summed E-state index contributed by atoms with van der Waals surface area (Å²) in [6.45, 7) is 0. The van der Waals surface area contributed by atoms with E-state index in [0.717, 1.165) is 21.3 Å². The van der Waals surface area contributed by atoms with Gasteiger partial charge in [-0.05, 0) is 18.2 Å². The van der Waals surface area contributed by atoms with E-state index in [-0.39, 0.29) is 6.04 Å². The van der Waals surface area contributed by atoms with Crippen LogP contribution in [0.4, 0.5) is 0 Å². The van der Waals surface area contributed by atoms with E-state index in [4.69, 9.17) is 15.0 Å². The molecule has 3 N–H and O–H groups in total. The van der Waals surface area contributed by atoms with E-state index in [1.807, 2.05) is 24.3 Å². The standard InChI is InChI=1S/C12H13BrN2O2/c1-16-11-6-9(13)2-3-10(11)12(15-14)8-4-5-17-7-8/h2-7,12,15H,14H2,1H3. The summed E-state index contributed by atoms with van der Waals surface area (Å²) >= 11 is 3.41. The second kappa shape index (κ2) is 5.35. The van der Waals surface area contributed by atoms with E-state index >= 15 is 0 Å². The third-order valence-corrected chi connectivity index (χ3v) is 3.04. The van der Waals surface area contributed by atoms with E-state index in [1.165, 1.54) is 0 Å². The number of methoxy groups -OCH3 is 1. The van der Waals surface area contributed by atoms with Crippen molar-refractivity contribution in [2.24, 2.45) is 5.84 Å². The smallest absolute Gasteiger partial charge is 0.125 e. The highest BCUT2D eigenvalue weighted by molar-refractivity contribution is 9.10. The van der Waals surface area contributed by atoms with Gasteiger partial charge in [0.05, 0.1) is 25.7 Å². The molecule has 0 fully saturated rings. The van der Waals surface area contributed by atoms with Gasteiger partial charge in [-0.15, -0.1) is 0 Å². The summed E-state index contributed by atoms with van der Waals surface area (Å²) in [5, 5.41) is 0. The number of hydrazine groups is 1. The van der Waals surface area contributed by atoms with Crippen LogP contribution in [0.2, 0.25) is 0 Å². The minimum atomic E-state index is -0.156. The summed E-state index contributed by atoms with van der Waals surface area (Å²) in [5.41, 5.74) is 4.67. The van der Waals surface area contributed by atoms with Crippen LogP contribution >= 0.6 is 15.9 Å². The average molecular weight is 297 g/mol. The molecule has 5 heteroatoms. The van der Waals surface area contributed by atoms with Crippen molar-refractivity contribution in [3.8, 4) is 5.75 Å². The molecule has 90 valence electrons. The molecule has 0 aliphatic heterocycles. The molecule has 0 amide bonds. The number of halogens is 1. The van der Waals surface area contributed by atoms with Crippen molar-refractivity contribution in [2.75, 3.05) is 7.11 Å². The normalized spacial score (nSPS) is 12.4. The van der Waals surface area contributed by atoms with Crippen molar-refractivity contribution < 1.29 is 9.15 Å². The zero-order valence-corrected chi connectivity index (χ0v) is 10.9. The minimum absolute atomic E-state index is 0.156. The predicted octanol–water partition coefficient (Wildman–Crippen LogP) is 2.60. The fourth-order valence-electron chi connectivity index (χ4n) is 1.73. The van der Waals surface area contributed by atoms with Gasteiger partial charge in [-0.1, -0.05) is 22.0 Å². The molecule has 1 unspecified atom stereocenters. The first-order valence-electron chi connectivity index (χ1n) is 5.08. The second-order valence-corrected chi connectivity index (χ2v) is 4.46. The molecule has 0 saturated carbocycles. The quantitative estimate of drug-likeness (QED) is 0.672. The van der Waals surface area contributed by atoms with Gasteiger partial charge in [0.1, 0.15) is 5.75 Å². The minimum Gasteiger partial charge on any atom is -0.496 e. The van der Waals surface area contributed by atoms with Crippen molar-refractivity contribution >= 4 is 15.9 Å². The molecular formula is C12H13BrN2O2. The van der Waals surface area contributed by atoms with Gasteiger partial charge in [0, 0.05) is 15.6 Å². The fraction of sp³-hybridized carbons (Fsp3) is 0.167. The Bertz CT molecular complexity index is 485. The molecule has 1 aromatic heterocycles. The maximum atomic E-state index is 5.60. The zero-order chi connectivity index (χ0) is 12.3. The Morgan fingerprint density at radius 2 is 2.24 bits per heavy atom. The number of hydrogen-bond donors (Lipinski definition) is 2. The SMILES string of the molecule is COc1cc(Br)ccc1C(NN)c1ccoc1. The van der Waals surface area contributed by atoms with Gasteiger partial charge < -0.3 is 9.15 Å². The highest BCUT2D eigenvalue weighted by Gasteiger charge is 2.17. The Kier molecular flexibility index (Phi) is 3.83. The maximum Gasteiger partial charge on any atom is 0.125 e. The lowest BCUT2D eigenvalue weighted by molar-refractivity contribution is 0.403. The number of hydrogen-bond acceptors (Lipinski definition) is 4. The third kappa shape index (κ3) is 2.52. The molecule has 0 bridgehead atoms. The first-order chi connectivity index (χ1) is 8.26. The Labute approximate surface area is 108 Å². The lowest BCUT2D eigenvalue weighted by Crippen LogP contribution is -2.28. The van der Waals surface area contributed by atoms with Crippen molar-refractivity contribution in [3.05, 3.63) is 52.4 Å². The summed E-state index contributed by atoms with van der Waals surface area (Å²) < 4.78 is 11.4. The predicted molar refractivity (Wildman–Crippen MR) is 68.6 cm³/mol. The molecular weight excluding hydrogens is 284 g/mol. The van der Waals surface area contributed by atoms with Gasteiger partial charge in [0.15, 0.2) is 0 Å². The van der Waals surface area contributed by atoms with Gasteiger partial charge in [0.2, 0.25) is 0 Å². The average Bonchev–Trinajstić information content (AvgIpc) is 2.85. The van der Waals surface area contributed by atoms with Crippen LogP contribution in [-0.4, -0.2) is 7.11 Å². The largest absolute Gasteiger partial charge is 0.496 e. The van der Waals surface area contributed by atoms with Gasteiger partial charge in [-0.2, -0.15) is 0 Å². The van der Waals surface area contributed by atoms with Crippen LogP contribution in [0.25, 0.3) is 0 Å². The molecule has 4 nitrogen and oxygen atoms in total. The van der Waals surface area contributed by atoms with Crippen LogP contribution in [-0.2, 0) is 0 Å². The second-order valence-electron chi connectivity index (χ2n) is 3.54. The molecule has 1 atom stereocenters. The molecule has 0 radical (unpaired) electrons. The monoisotopic (exact) mass is 296 g/mol. The van der Waals surface area contributed by atoms with Crippen molar-refractivity contribution in [3.63, 3.8) is 0 Å². The number of rotatable bonds is 4. The van der Waals surface area contributed by atoms with E-state index in [0.29, 0.717) is 0 Å². The maximum absolute atomic E-state index is 5.60. The highest BCUT2D eigenvalue weighted by Crippen LogP contribution is 2.31. The molecule has 0 spiro atoms. The summed E-state index contributed by atoms with van der Waals surface area (Å²) in [7, 11) is 1.63. The molecule has 1 aromatic carbocycles. The number of nitrogens with two attached hydrogens (primary N) is 1. The van der Waals surface area contributed by atoms with Crippen molar-refractivity contribution in [1.29, 1.82) is 0 Å². The molecule has 0 aliphatic carbocycles. The number of furan rings is 1. The fourth-order valence-corrected chi connectivity index (χ4v) is 2.07. The lowest BCUT2D eigenvalue weighted by Gasteiger charge is -2.18. The zero-order valence-electron chi connectivity index (χ0n) is 9.31. The Hall–Kier alpha value is -1.30. The van der Waals surface area contributed by atoms with Gasteiger partial charge in [-0.25, -0.2) is 5.43 Å². The van der Waals surface area contributed by atoms with E-state index < -0.39 is 0 Å². The third-order valence-electron chi connectivity index (χ3n) is 2.55.